The van der Waals surface area contributed by atoms with E-state index in [0.29, 0.717) is 0 Å². The molecule has 1 rings (SSSR count). The van der Waals surface area contributed by atoms with Crippen molar-refractivity contribution in [3.63, 3.8) is 0 Å². The summed E-state index contributed by atoms with van der Waals surface area (Å²) in [5.74, 6) is -1.76. The minimum absolute atomic E-state index is 0.00149. The normalized spacial score (nSPS) is 11.1. The summed E-state index contributed by atoms with van der Waals surface area (Å²) in [5, 5.41) is 2.37. The highest BCUT2D eigenvalue weighted by Crippen LogP contribution is 2.13. The highest BCUT2D eigenvalue weighted by atomic mass is 32.2. The lowest BCUT2D eigenvalue weighted by atomic mass is 10.2. The molecule has 26 heavy (non-hydrogen) atoms. The van der Waals surface area contributed by atoms with Crippen LogP contribution in [0.2, 0.25) is 0 Å². The molecule has 0 spiro atoms. The van der Waals surface area contributed by atoms with Gasteiger partial charge >= 0.3 is 5.97 Å². The predicted octanol–water partition coefficient (Wildman–Crippen LogP) is -0.265. The molecule has 0 aliphatic rings. The Morgan fingerprint density at radius 1 is 1.23 bits per heavy atom. The van der Waals surface area contributed by atoms with Gasteiger partial charge in [0.2, 0.25) is 15.9 Å². The maximum Gasteiger partial charge on any atom is 0.338 e. The quantitative estimate of drug-likeness (QED) is 0.594. The average molecular weight is 385 g/mol. The van der Waals surface area contributed by atoms with Crippen molar-refractivity contribution in [1.29, 1.82) is 0 Å². The molecule has 0 aliphatic heterocycles. The first-order chi connectivity index (χ1) is 12.1. The van der Waals surface area contributed by atoms with Crippen LogP contribution >= 0.6 is 0 Å². The maximum atomic E-state index is 12.1. The molecule has 9 nitrogen and oxygen atoms in total. The first-order valence-electron chi connectivity index (χ1n) is 7.81. The van der Waals surface area contributed by atoms with Crippen LogP contribution < -0.4 is 10.0 Å². The second kappa shape index (κ2) is 9.30. The van der Waals surface area contributed by atoms with E-state index < -0.39 is 28.5 Å². The van der Waals surface area contributed by atoms with Crippen LogP contribution in [-0.4, -0.2) is 64.4 Å². The number of hydrogen-bond acceptors (Lipinski definition) is 6. The van der Waals surface area contributed by atoms with Crippen molar-refractivity contribution in [2.24, 2.45) is 0 Å². The molecule has 0 heterocycles. The number of nitrogens with one attached hydrogen (secondary N) is 2. The van der Waals surface area contributed by atoms with E-state index in [9.17, 15) is 22.8 Å². The number of likely N-dealkylation sites (N-methyl/N-ethyl adjacent to an activating group) is 2. The van der Waals surface area contributed by atoms with Crippen molar-refractivity contribution in [2.45, 2.75) is 24.8 Å². The number of benzene rings is 1. The van der Waals surface area contributed by atoms with E-state index in [1.807, 2.05) is 0 Å². The number of carbonyl (C=O) groups is 3. The first-order valence-corrected chi connectivity index (χ1v) is 9.29. The van der Waals surface area contributed by atoms with Gasteiger partial charge in [0.25, 0.3) is 5.91 Å². The molecule has 0 unspecified atom stereocenters. The van der Waals surface area contributed by atoms with Crippen LogP contribution in [0.15, 0.2) is 29.2 Å². The van der Waals surface area contributed by atoms with E-state index in [1.54, 1.807) is 13.8 Å². The van der Waals surface area contributed by atoms with Gasteiger partial charge in [0, 0.05) is 20.1 Å². The number of nitrogens with zero attached hydrogens (tertiary/aromatic N) is 1. The zero-order valence-electron chi connectivity index (χ0n) is 15.1. The fourth-order valence-electron chi connectivity index (χ4n) is 1.87. The van der Waals surface area contributed by atoms with Gasteiger partial charge in [-0.2, -0.15) is 0 Å². The Bertz CT molecular complexity index is 776. The van der Waals surface area contributed by atoms with E-state index in [-0.39, 0.29) is 29.0 Å². The third-order valence-corrected chi connectivity index (χ3v) is 4.84. The largest absolute Gasteiger partial charge is 0.452 e. The molecule has 1 aromatic carbocycles. The third kappa shape index (κ3) is 6.45. The van der Waals surface area contributed by atoms with Crippen LogP contribution in [0.25, 0.3) is 0 Å². The number of hydrogen-bond donors (Lipinski definition) is 2. The van der Waals surface area contributed by atoms with E-state index in [0.717, 1.165) is 4.90 Å². The van der Waals surface area contributed by atoms with Crippen molar-refractivity contribution < 1.29 is 27.5 Å². The summed E-state index contributed by atoms with van der Waals surface area (Å²) in [6.45, 7) is 2.63. The zero-order chi connectivity index (χ0) is 19.9. The fourth-order valence-corrected chi connectivity index (χ4v) is 3.17. The van der Waals surface area contributed by atoms with Crippen molar-refractivity contribution in [2.75, 3.05) is 27.2 Å². The number of rotatable bonds is 8. The lowest BCUT2D eigenvalue weighted by Gasteiger charge is -2.16. The van der Waals surface area contributed by atoms with Crippen molar-refractivity contribution in [1.82, 2.24) is 14.9 Å². The monoisotopic (exact) mass is 385 g/mol. The van der Waals surface area contributed by atoms with Gasteiger partial charge in [-0.3, -0.25) is 9.59 Å². The Balaban J connectivity index is 2.76. The molecule has 2 N–H and O–H groups in total. The molecule has 0 atom stereocenters. The topological polar surface area (TPSA) is 122 Å². The standard InChI is InChI=1S/C16H23N3O6S/c1-11(2)18-26(23,24)13-7-5-6-12(8-13)16(22)25-10-15(21)19(4)9-14(20)17-3/h5-8,11,18H,9-10H2,1-4H3,(H,17,20). The molecule has 0 fully saturated rings. The van der Waals surface area contributed by atoms with Gasteiger partial charge in [0.05, 0.1) is 17.0 Å². The van der Waals surface area contributed by atoms with Crippen LogP contribution in [0.4, 0.5) is 0 Å². The fraction of sp³-hybridized carbons (Fsp3) is 0.438. The summed E-state index contributed by atoms with van der Waals surface area (Å²) < 4.78 is 31.6. The average Bonchev–Trinajstić information content (AvgIpc) is 2.58. The molecule has 10 heteroatoms. The molecule has 0 saturated carbocycles. The second-order valence-electron chi connectivity index (χ2n) is 5.80. The Kier molecular flexibility index (Phi) is 7.72. The van der Waals surface area contributed by atoms with Crippen LogP contribution in [-0.2, 0) is 24.3 Å². The van der Waals surface area contributed by atoms with Gasteiger partial charge in [-0.25, -0.2) is 17.9 Å². The molecule has 144 valence electrons. The number of ether oxygens (including phenoxy) is 1. The number of carbonyl (C=O) groups excluding carboxylic acids is 3. The minimum Gasteiger partial charge on any atom is -0.452 e. The number of esters is 1. The van der Waals surface area contributed by atoms with Crippen LogP contribution in [0, 0.1) is 0 Å². The van der Waals surface area contributed by atoms with E-state index in [1.165, 1.54) is 38.4 Å². The van der Waals surface area contributed by atoms with Gasteiger partial charge in [0.15, 0.2) is 6.61 Å². The lowest BCUT2D eigenvalue weighted by Crippen LogP contribution is -2.39. The Morgan fingerprint density at radius 3 is 2.46 bits per heavy atom. The van der Waals surface area contributed by atoms with Crippen molar-refractivity contribution in [3.8, 4) is 0 Å². The first kappa shape index (κ1) is 21.6. The summed E-state index contributed by atoms with van der Waals surface area (Å²) in [4.78, 5) is 36.2. The number of amides is 2. The summed E-state index contributed by atoms with van der Waals surface area (Å²) >= 11 is 0. The third-order valence-electron chi connectivity index (χ3n) is 3.18. The zero-order valence-corrected chi connectivity index (χ0v) is 15.9. The second-order valence-corrected chi connectivity index (χ2v) is 7.52. The van der Waals surface area contributed by atoms with Gasteiger partial charge in [-0.05, 0) is 32.0 Å². The molecule has 2 amide bonds. The highest BCUT2D eigenvalue weighted by molar-refractivity contribution is 7.89. The molecule has 0 aromatic heterocycles. The van der Waals surface area contributed by atoms with E-state index in [4.69, 9.17) is 4.74 Å². The summed E-state index contributed by atoms with van der Waals surface area (Å²) in [5.41, 5.74) is -0.00149. The van der Waals surface area contributed by atoms with E-state index >= 15 is 0 Å². The smallest absolute Gasteiger partial charge is 0.338 e. The SMILES string of the molecule is CNC(=O)CN(C)C(=O)COC(=O)c1cccc(S(=O)(=O)NC(C)C)c1. The van der Waals surface area contributed by atoms with Crippen molar-refractivity contribution >= 4 is 27.8 Å². The van der Waals surface area contributed by atoms with Gasteiger partial charge in [-0.15, -0.1) is 0 Å². The van der Waals surface area contributed by atoms with Crippen molar-refractivity contribution in [3.05, 3.63) is 29.8 Å². The van der Waals surface area contributed by atoms with Crippen LogP contribution in [0.1, 0.15) is 24.2 Å². The Morgan fingerprint density at radius 2 is 1.88 bits per heavy atom. The molecular weight excluding hydrogens is 362 g/mol. The number of sulfonamides is 1. The summed E-state index contributed by atoms with van der Waals surface area (Å²) in [6.07, 6.45) is 0. The molecule has 0 bridgehead atoms. The molecule has 1 aromatic rings. The lowest BCUT2D eigenvalue weighted by molar-refractivity contribution is -0.137. The predicted molar refractivity (Wildman–Crippen MR) is 93.9 cm³/mol. The van der Waals surface area contributed by atoms with Gasteiger partial charge in [-0.1, -0.05) is 6.07 Å². The van der Waals surface area contributed by atoms with Gasteiger partial charge in [0.1, 0.15) is 0 Å². The van der Waals surface area contributed by atoms with Crippen LogP contribution in [0.3, 0.4) is 0 Å². The molecule has 0 saturated heterocycles. The Hall–Kier alpha value is -2.46. The maximum absolute atomic E-state index is 12.1. The molecular formula is C16H23N3O6S. The van der Waals surface area contributed by atoms with Gasteiger partial charge < -0.3 is 15.0 Å². The highest BCUT2D eigenvalue weighted by Gasteiger charge is 2.19. The summed E-state index contributed by atoms with van der Waals surface area (Å²) in [6, 6.07) is 5.01. The molecule has 0 radical (unpaired) electrons. The Labute approximate surface area is 152 Å². The minimum atomic E-state index is -3.75. The van der Waals surface area contributed by atoms with Crippen LogP contribution in [0.5, 0.6) is 0 Å². The summed E-state index contributed by atoms with van der Waals surface area (Å²) in [7, 11) is -0.915. The molecule has 0 aliphatic carbocycles. The van der Waals surface area contributed by atoms with E-state index in [2.05, 4.69) is 10.0 Å².